The second-order valence-corrected chi connectivity index (χ2v) is 6.67. The molecular formula is C10H23N3O2S. The maximum absolute atomic E-state index is 12.0. The highest BCUT2D eigenvalue weighted by atomic mass is 32.2. The lowest BCUT2D eigenvalue weighted by Crippen LogP contribution is -2.42. The van der Waals surface area contributed by atoms with Crippen LogP contribution in [0, 0.1) is 0 Å². The van der Waals surface area contributed by atoms with Crippen LogP contribution < -0.4 is 5.73 Å². The number of hydrogen-bond acceptors (Lipinski definition) is 4. The molecule has 1 rings (SSSR count). The van der Waals surface area contributed by atoms with Gasteiger partial charge in [0, 0.05) is 19.1 Å². The quantitative estimate of drug-likeness (QED) is 0.701. The maximum atomic E-state index is 12.0. The van der Waals surface area contributed by atoms with Crippen molar-refractivity contribution in [3.63, 3.8) is 0 Å². The van der Waals surface area contributed by atoms with E-state index in [4.69, 9.17) is 5.73 Å². The van der Waals surface area contributed by atoms with E-state index in [-0.39, 0.29) is 11.8 Å². The zero-order chi connectivity index (χ0) is 12.2. The highest BCUT2D eigenvalue weighted by Gasteiger charge is 2.33. The van der Waals surface area contributed by atoms with E-state index in [0.717, 1.165) is 19.4 Å². The molecule has 1 aliphatic heterocycles. The predicted molar refractivity (Wildman–Crippen MR) is 65.7 cm³/mol. The molecule has 0 radical (unpaired) electrons. The van der Waals surface area contributed by atoms with Gasteiger partial charge in [0.25, 0.3) is 0 Å². The van der Waals surface area contributed by atoms with Gasteiger partial charge in [0.1, 0.15) is 0 Å². The Kier molecular flexibility index (Phi) is 5.17. The van der Waals surface area contributed by atoms with Crippen LogP contribution in [-0.2, 0) is 10.0 Å². The lowest BCUT2D eigenvalue weighted by Gasteiger charge is -2.26. The Morgan fingerprint density at radius 2 is 2.12 bits per heavy atom. The monoisotopic (exact) mass is 249 g/mol. The number of likely N-dealkylation sites (N-methyl/N-ethyl adjacent to an activating group) is 1. The Balaban J connectivity index is 2.63. The molecular weight excluding hydrogens is 226 g/mol. The van der Waals surface area contributed by atoms with E-state index in [1.807, 2.05) is 19.0 Å². The Morgan fingerprint density at radius 3 is 2.69 bits per heavy atom. The third-order valence-corrected chi connectivity index (χ3v) is 4.86. The SMILES string of the molecule is CN(C)CC1CCCN1S(=O)(=O)CCCN. The van der Waals surface area contributed by atoms with E-state index in [2.05, 4.69) is 0 Å². The van der Waals surface area contributed by atoms with Crippen LogP contribution in [0.4, 0.5) is 0 Å². The predicted octanol–water partition coefficient (Wildman–Crippen LogP) is -0.309. The van der Waals surface area contributed by atoms with Crippen LogP contribution in [0.5, 0.6) is 0 Å². The summed E-state index contributed by atoms with van der Waals surface area (Å²) in [5.74, 6) is 0.188. The van der Waals surface area contributed by atoms with Crippen molar-refractivity contribution in [2.45, 2.75) is 25.3 Å². The summed E-state index contributed by atoms with van der Waals surface area (Å²) >= 11 is 0. The molecule has 0 spiro atoms. The highest BCUT2D eigenvalue weighted by molar-refractivity contribution is 7.89. The summed E-state index contributed by atoms with van der Waals surface area (Å²) in [6, 6.07) is 0.151. The van der Waals surface area contributed by atoms with Gasteiger partial charge in [0.2, 0.25) is 10.0 Å². The van der Waals surface area contributed by atoms with Crippen molar-refractivity contribution >= 4 is 10.0 Å². The van der Waals surface area contributed by atoms with Crippen LogP contribution in [0.3, 0.4) is 0 Å². The van der Waals surface area contributed by atoms with Crippen LogP contribution in [0.2, 0.25) is 0 Å². The number of hydrogen-bond donors (Lipinski definition) is 1. The Labute approximate surface area is 98.6 Å². The first-order chi connectivity index (χ1) is 7.47. The van der Waals surface area contributed by atoms with E-state index in [9.17, 15) is 8.42 Å². The molecule has 1 aliphatic rings. The summed E-state index contributed by atoms with van der Waals surface area (Å²) in [5, 5.41) is 0. The molecule has 0 aromatic carbocycles. The molecule has 16 heavy (non-hydrogen) atoms. The molecule has 1 atom stereocenters. The van der Waals surface area contributed by atoms with Gasteiger partial charge in [-0.1, -0.05) is 0 Å². The molecule has 0 bridgehead atoms. The topological polar surface area (TPSA) is 66.6 Å². The molecule has 1 fully saturated rings. The second kappa shape index (κ2) is 5.95. The van der Waals surface area contributed by atoms with Crippen LogP contribution in [0.15, 0.2) is 0 Å². The fourth-order valence-electron chi connectivity index (χ4n) is 2.16. The highest BCUT2D eigenvalue weighted by Crippen LogP contribution is 2.22. The van der Waals surface area contributed by atoms with E-state index in [0.29, 0.717) is 19.5 Å². The first-order valence-electron chi connectivity index (χ1n) is 5.81. The largest absolute Gasteiger partial charge is 0.330 e. The smallest absolute Gasteiger partial charge is 0.214 e. The van der Waals surface area contributed by atoms with Crippen LogP contribution >= 0.6 is 0 Å². The molecule has 1 saturated heterocycles. The third-order valence-electron chi connectivity index (χ3n) is 2.86. The molecule has 1 unspecified atom stereocenters. The van der Waals surface area contributed by atoms with Gasteiger partial charge in [-0.25, -0.2) is 8.42 Å². The van der Waals surface area contributed by atoms with Gasteiger partial charge >= 0.3 is 0 Å². The lowest BCUT2D eigenvalue weighted by atomic mass is 10.2. The van der Waals surface area contributed by atoms with Gasteiger partial charge in [-0.05, 0) is 39.9 Å². The minimum atomic E-state index is -3.09. The first-order valence-corrected chi connectivity index (χ1v) is 7.42. The molecule has 0 aromatic heterocycles. The van der Waals surface area contributed by atoms with Crippen molar-refractivity contribution in [2.24, 2.45) is 5.73 Å². The molecule has 2 N–H and O–H groups in total. The summed E-state index contributed by atoms with van der Waals surface area (Å²) in [6.45, 7) is 1.92. The Bertz CT molecular complexity index is 303. The van der Waals surface area contributed by atoms with Gasteiger partial charge in [-0.3, -0.25) is 0 Å². The van der Waals surface area contributed by atoms with Gasteiger partial charge in [-0.15, -0.1) is 0 Å². The fourth-order valence-corrected chi connectivity index (χ4v) is 3.96. The molecule has 0 aliphatic carbocycles. The fraction of sp³-hybridized carbons (Fsp3) is 1.00. The lowest BCUT2D eigenvalue weighted by molar-refractivity contribution is 0.291. The minimum absolute atomic E-state index is 0.151. The zero-order valence-electron chi connectivity index (χ0n) is 10.2. The van der Waals surface area contributed by atoms with Gasteiger partial charge in [0.05, 0.1) is 5.75 Å². The van der Waals surface area contributed by atoms with E-state index >= 15 is 0 Å². The summed E-state index contributed by atoms with van der Waals surface area (Å²) in [6.07, 6.45) is 2.49. The number of nitrogens with zero attached hydrogens (tertiary/aromatic N) is 2. The van der Waals surface area contributed by atoms with Crippen molar-refractivity contribution in [1.82, 2.24) is 9.21 Å². The normalized spacial score (nSPS) is 23.1. The van der Waals surface area contributed by atoms with Gasteiger partial charge in [-0.2, -0.15) is 4.31 Å². The van der Waals surface area contributed by atoms with E-state index < -0.39 is 10.0 Å². The van der Waals surface area contributed by atoms with E-state index in [1.54, 1.807) is 4.31 Å². The van der Waals surface area contributed by atoms with Crippen molar-refractivity contribution in [3.8, 4) is 0 Å². The van der Waals surface area contributed by atoms with Gasteiger partial charge < -0.3 is 10.6 Å². The maximum Gasteiger partial charge on any atom is 0.214 e. The zero-order valence-corrected chi connectivity index (χ0v) is 11.0. The number of rotatable bonds is 6. The molecule has 0 amide bonds. The Morgan fingerprint density at radius 1 is 1.44 bits per heavy atom. The van der Waals surface area contributed by atoms with Crippen molar-refractivity contribution in [2.75, 3.05) is 39.5 Å². The van der Waals surface area contributed by atoms with Crippen LogP contribution in [0.25, 0.3) is 0 Å². The van der Waals surface area contributed by atoms with E-state index in [1.165, 1.54) is 0 Å². The summed E-state index contributed by atoms with van der Waals surface area (Å²) in [5.41, 5.74) is 5.36. The third kappa shape index (κ3) is 3.69. The van der Waals surface area contributed by atoms with Gasteiger partial charge in [0.15, 0.2) is 0 Å². The molecule has 6 heteroatoms. The molecule has 1 heterocycles. The molecule has 0 aromatic rings. The van der Waals surface area contributed by atoms with Crippen molar-refractivity contribution in [1.29, 1.82) is 0 Å². The first kappa shape index (κ1) is 13.9. The summed E-state index contributed by atoms with van der Waals surface area (Å²) in [4.78, 5) is 2.04. The number of nitrogens with two attached hydrogens (primary N) is 1. The standard InChI is InChI=1S/C10H23N3O2S/c1-12(2)9-10-5-3-7-13(10)16(14,15)8-4-6-11/h10H,3-9,11H2,1-2H3. The van der Waals surface area contributed by atoms with Crippen LogP contribution in [0.1, 0.15) is 19.3 Å². The minimum Gasteiger partial charge on any atom is -0.330 e. The molecule has 5 nitrogen and oxygen atoms in total. The Hall–Kier alpha value is -0.170. The van der Waals surface area contributed by atoms with Crippen molar-refractivity contribution < 1.29 is 8.42 Å². The summed E-state index contributed by atoms with van der Waals surface area (Å²) in [7, 11) is 0.860. The van der Waals surface area contributed by atoms with Crippen LogP contribution in [-0.4, -0.2) is 63.1 Å². The number of sulfonamides is 1. The molecule has 96 valence electrons. The van der Waals surface area contributed by atoms with Crippen molar-refractivity contribution in [3.05, 3.63) is 0 Å². The average molecular weight is 249 g/mol. The molecule has 0 saturated carbocycles. The average Bonchev–Trinajstić information content (AvgIpc) is 2.62. The summed E-state index contributed by atoms with van der Waals surface area (Å²) < 4.78 is 25.7. The second-order valence-electron chi connectivity index (χ2n) is 4.63.